The number of anilines is 2. The molecule has 0 saturated carbocycles. The number of nitrogens with zero attached hydrogens (tertiary/aromatic N) is 1. The number of fused-ring (bicyclic) bond motifs is 1. The molecule has 0 aromatic heterocycles. The lowest BCUT2D eigenvalue weighted by Crippen LogP contribution is -2.39. The van der Waals surface area contributed by atoms with Crippen molar-refractivity contribution in [2.24, 2.45) is 0 Å². The van der Waals surface area contributed by atoms with Crippen LogP contribution in [0.25, 0.3) is 0 Å². The summed E-state index contributed by atoms with van der Waals surface area (Å²) >= 11 is 0. The molecule has 22 heavy (non-hydrogen) atoms. The Morgan fingerprint density at radius 3 is 2.36 bits per heavy atom. The highest BCUT2D eigenvalue weighted by Gasteiger charge is 2.29. The van der Waals surface area contributed by atoms with E-state index in [0.29, 0.717) is 0 Å². The zero-order chi connectivity index (χ0) is 15.9. The maximum atomic E-state index is 11.3. The maximum Gasteiger partial charge on any atom is 0.214 e. The first kappa shape index (κ1) is 16.1. The zero-order valence-electron chi connectivity index (χ0n) is 13.5. The van der Waals surface area contributed by atoms with Gasteiger partial charge < -0.3 is 10.2 Å². The van der Waals surface area contributed by atoms with Crippen molar-refractivity contribution in [3.8, 4) is 0 Å². The predicted octanol–water partition coefficient (Wildman–Crippen LogP) is 4.62. The number of hydrogen-bond acceptors (Lipinski definition) is 2. The van der Waals surface area contributed by atoms with Gasteiger partial charge in [0.05, 0.1) is 6.04 Å². The van der Waals surface area contributed by atoms with Crippen LogP contribution in [0.15, 0.2) is 54.6 Å². The predicted molar refractivity (Wildman–Crippen MR) is 93.2 cm³/mol. The van der Waals surface area contributed by atoms with E-state index in [9.17, 15) is 4.79 Å². The van der Waals surface area contributed by atoms with Crippen LogP contribution in [0, 0.1) is 0 Å². The molecule has 2 aromatic carbocycles. The molecule has 2 aromatic rings. The lowest BCUT2D eigenvalue weighted by atomic mass is 9.92. The second-order valence-corrected chi connectivity index (χ2v) is 5.22. The van der Waals surface area contributed by atoms with Crippen molar-refractivity contribution < 1.29 is 4.79 Å². The van der Waals surface area contributed by atoms with Crippen LogP contribution >= 0.6 is 0 Å². The van der Waals surface area contributed by atoms with Crippen molar-refractivity contribution in [1.29, 1.82) is 0 Å². The van der Waals surface area contributed by atoms with Crippen molar-refractivity contribution in [3.63, 3.8) is 0 Å². The molecule has 0 radical (unpaired) electrons. The lowest BCUT2D eigenvalue weighted by Gasteiger charge is -2.37. The van der Waals surface area contributed by atoms with E-state index in [2.05, 4.69) is 30.4 Å². The number of benzene rings is 2. The van der Waals surface area contributed by atoms with E-state index in [1.807, 2.05) is 55.1 Å². The third-order valence-corrected chi connectivity index (χ3v) is 3.87. The van der Waals surface area contributed by atoms with Gasteiger partial charge in [0.1, 0.15) is 0 Å². The van der Waals surface area contributed by atoms with Crippen molar-refractivity contribution in [1.82, 2.24) is 0 Å². The molecule has 116 valence electrons. The third-order valence-electron chi connectivity index (χ3n) is 3.87. The Balaban J connectivity index is 0.000000847. The summed E-state index contributed by atoms with van der Waals surface area (Å²) in [6.45, 7) is 6.09. The molecule has 1 aliphatic heterocycles. The first-order chi connectivity index (χ1) is 10.8. The summed E-state index contributed by atoms with van der Waals surface area (Å²) in [5.74, 6) is 0. The van der Waals surface area contributed by atoms with Crippen LogP contribution in [-0.2, 0) is 4.79 Å². The molecule has 1 N–H and O–H groups in total. The summed E-state index contributed by atoms with van der Waals surface area (Å²) in [5.41, 5.74) is 3.30. The number of nitrogens with one attached hydrogen (secondary N) is 1. The van der Waals surface area contributed by atoms with E-state index in [4.69, 9.17) is 0 Å². The summed E-state index contributed by atoms with van der Waals surface area (Å²) < 4.78 is 0. The SMILES string of the molecule is CC.CC1CC(Nc2ccccc2)c2ccccc2N1C=O. The Labute approximate surface area is 133 Å². The minimum absolute atomic E-state index is 0.198. The van der Waals surface area contributed by atoms with Crippen molar-refractivity contribution in [3.05, 3.63) is 60.2 Å². The van der Waals surface area contributed by atoms with Crippen molar-refractivity contribution in [2.75, 3.05) is 10.2 Å². The number of para-hydroxylation sites is 2. The van der Waals surface area contributed by atoms with E-state index < -0.39 is 0 Å². The smallest absolute Gasteiger partial charge is 0.214 e. The van der Waals surface area contributed by atoms with E-state index in [1.54, 1.807) is 0 Å². The molecule has 0 saturated heterocycles. The summed E-state index contributed by atoms with van der Waals surface area (Å²) in [6, 6.07) is 18.7. The quantitative estimate of drug-likeness (QED) is 0.838. The van der Waals surface area contributed by atoms with Gasteiger partial charge in [-0.25, -0.2) is 0 Å². The molecule has 1 heterocycles. The number of amides is 1. The average molecular weight is 296 g/mol. The second-order valence-electron chi connectivity index (χ2n) is 5.22. The zero-order valence-corrected chi connectivity index (χ0v) is 13.5. The van der Waals surface area contributed by atoms with E-state index in [-0.39, 0.29) is 12.1 Å². The van der Waals surface area contributed by atoms with E-state index >= 15 is 0 Å². The molecule has 3 heteroatoms. The molecule has 0 fully saturated rings. The minimum Gasteiger partial charge on any atom is -0.378 e. The van der Waals surface area contributed by atoms with Gasteiger partial charge in [0, 0.05) is 17.4 Å². The highest BCUT2D eigenvalue weighted by atomic mass is 16.1. The first-order valence-corrected chi connectivity index (χ1v) is 7.93. The fraction of sp³-hybridized carbons (Fsp3) is 0.316. The number of rotatable bonds is 3. The second kappa shape index (κ2) is 7.64. The monoisotopic (exact) mass is 296 g/mol. The van der Waals surface area contributed by atoms with Crippen molar-refractivity contribution >= 4 is 17.8 Å². The van der Waals surface area contributed by atoms with Crippen molar-refractivity contribution in [2.45, 2.75) is 39.3 Å². The highest BCUT2D eigenvalue weighted by Crippen LogP contribution is 2.37. The number of carbonyl (C=O) groups excluding carboxylic acids is 1. The number of hydrogen-bond donors (Lipinski definition) is 1. The fourth-order valence-corrected chi connectivity index (χ4v) is 2.87. The van der Waals surface area contributed by atoms with Gasteiger partial charge in [-0.1, -0.05) is 50.2 Å². The molecule has 2 atom stereocenters. The van der Waals surface area contributed by atoms with Gasteiger partial charge in [-0.05, 0) is 37.1 Å². The molecule has 0 bridgehead atoms. The first-order valence-electron chi connectivity index (χ1n) is 7.93. The standard InChI is InChI=1S/C17H18N2O.C2H6/c1-13-11-16(18-14-7-3-2-4-8-14)15-9-5-6-10-17(15)19(13)12-20;1-2/h2-10,12-13,16,18H,11H2,1H3;1-2H3. The van der Waals surface area contributed by atoms with Crippen LogP contribution in [0.2, 0.25) is 0 Å². The van der Waals surface area contributed by atoms with Gasteiger partial charge in [0.15, 0.2) is 0 Å². The van der Waals surface area contributed by atoms with Crippen LogP contribution in [0.1, 0.15) is 38.8 Å². The van der Waals surface area contributed by atoms with Gasteiger partial charge >= 0.3 is 0 Å². The van der Waals surface area contributed by atoms with Gasteiger partial charge in [0.2, 0.25) is 6.41 Å². The van der Waals surface area contributed by atoms with E-state index in [1.165, 1.54) is 5.56 Å². The summed E-state index contributed by atoms with van der Waals surface area (Å²) in [5, 5.41) is 3.57. The lowest BCUT2D eigenvalue weighted by molar-refractivity contribution is -0.107. The van der Waals surface area contributed by atoms with Gasteiger partial charge in [-0.15, -0.1) is 0 Å². The Kier molecular flexibility index (Phi) is 5.59. The van der Waals surface area contributed by atoms with Crippen LogP contribution < -0.4 is 10.2 Å². The molecule has 0 aliphatic carbocycles. The van der Waals surface area contributed by atoms with Crippen LogP contribution in [0.3, 0.4) is 0 Å². The highest BCUT2D eigenvalue weighted by molar-refractivity contribution is 5.79. The normalized spacial score (nSPS) is 19.5. The molecule has 3 rings (SSSR count). The van der Waals surface area contributed by atoms with Crippen LogP contribution in [-0.4, -0.2) is 12.5 Å². The molecule has 1 amide bonds. The molecule has 3 nitrogen and oxygen atoms in total. The molecule has 2 unspecified atom stereocenters. The maximum absolute atomic E-state index is 11.3. The Morgan fingerprint density at radius 1 is 1.05 bits per heavy atom. The average Bonchev–Trinajstić information content (AvgIpc) is 2.58. The third kappa shape index (κ3) is 3.30. The van der Waals surface area contributed by atoms with Gasteiger partial charge in [-0.2, -0.15) is 0 Å². The summed E-state index contributed by atoms with van der Waals surface area (Å²) in [7, 11) is 0. The molecular weight excluding hydrogens is 272 g/mol. The van der Waals surface area contributed by atoms with Crippen LogP contribution in [0.4, 0.5) is 11.4 Å². The van der Waals surface area contributed by atoms with Gasteiger partial charge in [0.25, 0.3) is 0 Å². The topological polar surface area (TPSA) is 32.3 Å². The molecule has 0 spiro atoms. The summed E-state index contributed by atoms with van der Waals surface area (Å²) in [4.78, 5) is 13.1. The summed E-state index contributed by atoms with van der Waals surface area (Å²) in [6.07, 6.45) is 1.84. The Hall–Kier alpha value is -2.29. The minimum atomic E-state index is 0.198. The molecule has 1 aliphatic rings. The largest absolute Gasteiger partial charge is 0.378 e. The van der Waals surface area contributed by atoms with Gasteiger partial charge in [-0.3, -0.25) is 4.79 Å². The fourth-order valence-electron chi connectivity index (χ4n) is 2.87. The Morgan fingerprint density at radius 2 is 1.68 bits per heavy atom. The van der Waals surface area contributed by atoms with Crippen LogP contribution in [0.5, 0.6) is 0 Å². The molecular formula is C19H24N2O. The number of carbonyl (C=O) groups is 1. The van der Waals surface area contributed by atoms with E-state index in [0.717, 1.165) is 24.2 Å². The Bertz CT molecular complexity index is 597.